The molecule has 1 N–H and O–H groups in total. The van der Waals surface area contributed by atoms with Gasteiger partial charge in [-0.15, -0.1) is 0 Å². The summed E-state index contributed by atoms with van der Waals surface area (Å²) in [7, 11) is 0. The van der Waals surface area contributed by atoms with Gasteiger partial charge in [0, 0.05) is 12.1 Å². The summed E-state index contributed by atoms with van der Waals surface area (Å²) in [5, 5.41) is 8.38. The van der Waals surface area contributed by atoms with Crippen molar-refractivity contribution in [1.82, 2.24) is 15.1 Å². The summed E-state index contributed by atoms with van der Waals surface area (Å²) in [6.07, 6.45) is 0.734. The van der Waals surface area contributed by atoms with Crippen molar-refractivity contribution in [1.29, 1.82) is 0 Å². The zero-order valence-corrected chi connectivity index (χ0v) is 15.2. The highest BCUT2D eigenvalue weighted by atomic mass is 35.5. The Morgan fingerprint density at radius 2 is 1.81 bits per heavy atom. The monoisotopic (exact) mass is 375 g/mol. The van der Waals surface area contributed by atoms with Gasteiger partial charge in [0.1, 0.15) is 16.8 Å². The van der Waals surface area contributed by atoms with Crippen LogP contribution in [-0.2, 0) is 19.5 Å². The Balaban J connectivity index is 1.58. The van der Waals surface area contributed by atoms with Crippen molar-refractivity contribution >= 4 is 11.6 Å². The Hall–Kier alpha value is -2.24. The molecule has 0 saturated heterocycles. The smallest absolute Gasteiger partial charge is 0.132 e. The minimum absolute atomic E-state index is 0.219. The molecular weight excluding hydrogens is 356 g/mol. The van der Waals surface area contributed by atoms with E-state index < -0.39 is 0 Å². The molecule has 0 radical (unpaired) electrons. The maximum atomic E-state index is 13.2. The topological polar surface area (TPSA) is 29.9 Å². The Morgan fingerprint density at radius 3 is 2.54 bits per heavy atom. The van der Waals surface area contributed by atoms with Crippen LogP contribution in [0.1, 0.15) is 22.4 Å². The number of hydrogen-bond donors (Lipinski definition) is 1. The molecule has 6 heteroatoms. The van der Waals surface area contributed by atoms with E-state index >= 15 is 0 Å². The number of aromatic nitrogens is 2. The maximum Gasteiger partial charge on any atom is 0.132 e. The van der Waals surface area contributed by atoms with Gasteiger partial charge < -0.3 is 5.32 Å². The lowest BCUT2D eigenvalue weighted by Gasteiger charge is -2.06. The third kappa shape index (κ3) is 4.68. The van der Waals surface area contributed by atoms with Gasteiger partial charge in [0.2, 0.25) is 0 Å². The summed E-state index contributed by atoms with van der Waals surface area (Å²) < 4.78 is 27.9. The molecule has 0 aliphatic rings. The van der Waals surface area contributed by atoms with Gasteiger partial charge in [-0.05, 0) is 55.3 Å². The molecule has 136 valence electrons. The summed E-state index contributed by atoms with van der Waals surface area (Å²) >= 11 is 6.46. The molecule has 0 amide bonds. The molecule has 0 atom stereocenters. The normalized spacial score (nSPS) is 11.1. The largest absolute Gasteiger partial charge is 0.312 e. The number of hydrogen-bond acceptors (Lipinski definition) is 2. The molecule has 0 bridgehead atoms. The van der Waals surface area contributed by atoms with Crippen LogP contribution < -0.4 is 5.32 Å². The number of nitrogens with one attached hydrogen (secondary N) is 1. The average Bonchev–Trinajstić information content (AvgIpc) is 2.88. The Bertz CT molecular complexity index is 875. The number of rotatable bonds is 7. The van der Waals surface area contributed by atoms with E-state index in [0.29, 0.717) is 24.8 Å². The van der Waals surface area contributed by atoms with Crippen LogP contribution in [0.15, 0.2) is 48.5 Å². The van der Waals surface area contributed by atoms with Crippen LogP contribution >= 0.6 is 11.6 Å². The average molecular weight is 376 g/mol. The first-order valence-electron chi connectivity index (χ1n) is 8.44. The van der Waals surface area contributed by atoms with Gasteiger partial charge in [0.05, 0.1) is 12.2 Å². The van der Waals surface area contributed by atoms with Crippen molar-refractivity contribution in [3.05, 3.63) is 87.7 Å². The van der Waals surface area contributed by atoms with Gasteiger partial charge >= 0.3 is 0 Å². The van der Waals surface area contributed by atoms with Crippen LogP contribution in [0, 0.1) is 18.6 Å². The molecule has 1 heterocycles. The fourth-order valence-corrected chi connectivity index (χ4v) is 3.10. The van der Waals surface area contributed by atoms with E-state index in [4.69, 9.17) is 11.6 Å². The third-order valence-corrected chi connectivity index (χ3v) is 4.63. The number of nitrogens with zero attached hydrogens (tertiary/aromatic N) is 2. The SMILES string of the molecule is Cc1nn(Cc2ccc(F)cc2)c(Cl)c1CNCCc1cccc(F)c1. The van der Waals surface area contributed by atoms with Crippen LogP contribution in [0.4, 0.5) is 8.78 Å². The molecule has 3 rings (SSSR count). The van der Waals surface area contributed by atoms with Gasteiger partial charge in [-0.2, -0.15) is 5.10 Å². The molecule has 0 fully saturated rings. The molecule has 26 heavy (non-hydrogen) atoms. The quantitative estimate of drug-likeness (QED) is 0.616. The molecule has 0 aliphatic carbocycles. The van der Waals surface area contributed by atoms with E-state index in [1.807, 2.05) is 13.0 Å². The molecular formula is C20H20ClF2N3. The van der Waals surface area contributed by atoms with Crippen LogP contribution in [-0.4, -0.2) is 16.3 Å². The second-order valence-corrected chi connectivity index (χ2v) is 6.55. The number of benzene rings is 2. The highest BCUT2D eigenvalue weighted by molar-refractivity contribution is 6.30. The van der Waals surface area contributed by atoms with E-state index in [0.717, 1.165) is 28.8 Å². The molecule has 3 nitrogen and oxygen atoms in total. The van der Waals surface area contributed by atoms with Crippen LogP contribution in [0.2, 0.25) is 5.15 Å². The van der Waals surface area contributed by atoms with E-state index in [-0.39, 0.29) is 11.6 Å². The van der Waals surface area contributed by atoms with Crippen LogP contribution in [0.3, 0.4) is 0 Å². The first-order valence-corrected chi connectivity index (χ1v) is 8.82. The van der Waals surface area contributed by atoms with Crippen LogP contribution in [0.5, 0.6) is 0 Å². The lowest BCUT2D eigenvalue weighted by molar-refractivity contribution is 0.622. The lowest BCUT2D eigenvalue weighted by Crippen LogP contribution is -2.17. The first-order chi connectivity index (χ1) is 12.5. The van der Waals surface area contributed by atoms with Crippen molar-refractivity contribution in [3.63, 3.8) is 0 Å². The molecule has 1 aromatic heterocycles. The Kier molecular flexibility index (Phi) is 6.01. The van der Waals surface area contributed by atoms with Gasteiger partial charge in [-0.1, -0.05) is 35.9 Å². The van der Waals surface area contributed by atoms with Crippen molar-refractivity contribution in [3.8, 4) is 0 Å². The fraction of sp³-hybridized carbons (Fsp3) is 0.250. The van der Waals surface area contributed by atoms with Crippen molar-refractivity contribution in [2.24, 2.45) is 0 Å². The zero-order valence-electron chi connectivity index (χ0n) is 14.5. The van der Waals surface area contributed by atoms with Crippen molar-refractivity contribution < 1.29 is 8.78 Å². The van der Waals surface area contributed by atoms with E-state index in [1.165, 1.54) is 18.2 Å². The number of aryl methyl sites for hydroxylation is 1. The Morgan fingerprint density at radius 1 is 1.04 bits per heavy atom. The third-order valence-electron chi connectivity index (χ3n) is 4.21. The summed E-state index contributed by atoms with van der Waals surface area (Å²) in [6.45, 7) is 3.70. The molecule has 2 aromatic carbocycles. The van der Waals surface area contributed by atoms with E-state index in [2.05, 4.69) is 10.4 Å². The highest BCUT2D eigenvalue weighted by Gasteiger charge is 2.13. The van der Waals surface area contributed by atoms with Gasteiger partial charge in [-0.3, -0.25) is 0 Å². The summed E-state index contributed by atoms with van der Waals surface area (Å²) in [6, 6.07) is 12.9. The second-order valence-electron chi connectivity index (χ2n) is 6.20. The van der Waals surface area contributed by atoms with Gasteiger partial charge in [0.25, 0.3) is 0 Å². The van der Waals surface area contributed by atoms with Crippen molar-refractivity contribution in [2.45, 2.75) is 26.4 Å². The second kappa shape index (κ2) is 8.43. The fourth-order valence-electron chi connectivity index (χ4n) is 2.80. The first kappa shape index (κ1) is 18.5. The van der Waals surface area contributed by atoms with Gasteiger partial charge in [-0.25, -0.2) is 13.5 Å². The highest BCUT2D eigenvalue weighted by Crippen LogP contribution is 2.21. The zero-order chi connectivity index (χ0) is 18.5. The molecule has 0 aliphatic heterocycles. The minimum Gasteiger partial charge on any atom is -0.312 e. The van der Waals surface area contributed by atoms with Crippen LogP contribution in [0.25, 0.3) is 0 Å². The van der Waals surface area contributed by atoms with E-state index in [1.54, 1.807) is 28.9 Å². The predicted molar refractivity (Wildman–Crippen MR) is 99.3 cm³/mol. The molecule has 0 saturated carbocycles. The Labute approximate surface area is 156 Å². The van der Waals surface area contributed by atoms with E-state index in [9.17, 15) is 8.78 Å². The van der Waals surface area contributed by atoms with Gasteiger partial charge in [0.15, 0.2) is 0 Å². The summed E-state index contributed by atoms with van der Waals surface area (Å²) in [4.78, 5) is 0. The minimum atomic E-state index is -0.264. The lowest BCUT2D eigenvalue weighted by atomic mass is 10.1. The predicted octanol–water partition coefficient (Wildman–Crippen LogP) is 4.50. The standard InChI is InChI=1S/C20H20ClF2N3/c1-14-19(12-24-10-9-15-3-2-4-18(23)11-15)20(21)26(25-14)13-16-5-7-17(22)8-6-16/h2-8,11,24H,9-10,12-13H2,1H3. The van der Waals surface area contributed by atoms with Crippen molar-refractivity contribution in [2.75, 3.05) is 6.54 Å². The maximum absolute atomic E-state index is 13.2. The number of halogens is 3. The summed E-state index contributed by atoms with van der Waals surface area (Å²) in [5.74, 6) is -0.483. The summed E-state index contributed by atoms with van der Waals surface area (Å²) in [5.41, 5.74) is 3.68. The molecule has 0 spiro atoms. The molecule has 0 unspecified atom stereocenters. The molecule has 3 aromatic rings.